The highest BCUT2D eigenvalue weighted by Crippen LogP contribution is 2.23. The van der Waals surface area contributed by atoms with Gasteiger partial charge in [-0.25, -0.2) is 0 Å². The zero-order valence-electron chi connectivity index (χ0n) is 10.4. The monoisotopic (exact) mass is 235 g/mol. The summed E-state index contributed by atoms with van der Waals surface area (Å²) in [4.78, 5) is 0. The van der Waals surface area contributed by atoms with Gasteiger partial charge in [-0.2, -0.15) is 0 Å². The number of hydrogen-bond donors (Lipinski definition) is 1. The summed E-state index contributed by atoms with van der Waals surface area (Å²) in [6.45, 7) is 3.66. The van der Waals surface area contributed by atoms with Crippen LogP contribution in [-0.4, -0.2) is 19.3 Å². The molecule has 1 atom stereocenters. The predicted octanol–water partition coefficient (Wildman–Crippen LogP) is 2.92. The van der Waals surface area contributed by atoms with E-state index in [-0.39, 0.29) is 0 Å². The molecule has 0 bridgehead atoms. The van der Waals surface area contributed by atoms with E-state index in [0.29, 0.717) is 6.10 Å². The SMILES string of the molecule is Cc1c(N)cccc1OCCCC1CCCO1. The minimum atomic E-state index is 0.459. The summed E-state index contributed by atoms with van der Waals surface area (Å²) in [6, 6.07) is 5.80. The molecular formula is C14H21NO2. The molecule has 0 aromatic heterocycles. The van der Waals surface area contributed by atoms with Gasteiger partial charge in [-0.05, 0) is 44.7 Å². The number of nitrogens with two attached hydrogens (primary N) is 1. The van der Waals surface area contributed by atoms with Gasteiger partial charge in [0.15, 0.2) is 0 Å². The first kappa shape index (κ1) is 12.2. The maximum Gasteiger partial charge on any atom is 0.124 e. The molecule has 1 fully saturated rings. The van der Waals surface area contributed by atoms with Gasteiger partial charge in [0.1, 0.15) is 5.75 Å². The van der Waals surface area contributed by atoms with Gasteiger partial charge in [0.25, 0.3) is 0 Å². The Morgan fingerprint density at radius 1 is 1.47 bits per heavy atom. The third-order valence-electron chi connectivity index (χ3n) is 3.28. The smallest absolute Gasteiger partial charge is 0.124 e. The summed E-state index contributed by atoms with van der Waals surface area (Å²) in [5, 5.41) is 0. The molecular weight excluding hydrogens is 214 g/mol. The van der Waals surface area contributed by atoms with E-state index >= 15 is 0 Å². The van der Waals surface area contributed by atoms with Crippen molar-refractivity contribution in [2.45, 2.75) is 38.7 Å². The molecule has 1 saturated heterocycles. The van der Waals surface area contributed by atoms with Crippen LogP contribution < -0.4 is 10.5 Å². The molecule has 94 valence electrons. The number of hydrogen-bond acceptors (Lipinski definition) is 3. The average Bonchev–Trinajstić information content (AvgIpc) is 2.83. The molecule has 17 heavy (non-hydrogen) atoms. The molecule has 3 nitrogen and oxygen atoms in total. The molecule has 1 aliphatic heterocycles. The van der Waals surface area contributed by atoms with Crippen molar-refractivity contribution in [1.29, 1.82) is 0 Å². The third kappa shape index (κ3) is 3.37. The van der Waals surface area contributed by atoms with Crippen molar-refractivity contribution >= 4 is 5.69 Å². The van der Waals surface area contributed by atoms with E-state index in [1.165, 1.54) is 12.8 Å². The van der Waals surface area contributed by atoms with Crippen LogP contribution in [0.15, 0.2) is 18.2 Å². The van der Waals surface area contributed by atoms with Crippen molar-refractivity contribution < 1.29 is 9.47 Å². The Balaban J connectivity index is 1.72. The summed E-state index contributed by atoms with van der Waals surface area (Å²) in [5.41, 5.74) is 7.65. The average molecular weight is 235 g/mol. The van der Waals surface area contributed by atoms with Crippen LogP contribution in [0.5, 0.6) is 5.75 Å². The molecule has 0 saturated carbocycles. The molecule has 1 aromatic rings. The van der Waals surface area contributed by atoms with E-state index in [0.717, 1.165) is 43.1 Å². The highest BCUT2D eigenvalue weighted by molar-refractivity contribution is 5.53. The Morgan fingerprint density at radius 2 is 2.35 bits per heavy atom. The Labute approximate surface area is 103 Å². The molecule has 0 radical (unpaired) electrons. The highest BCUT2D eigenvalue weighted by Gasteiger charge is 2.14. The summed E-state index contributed by atoms with van der Waals surface area (Å²) in [7, 11) is 0. The fraction of sp³-hybridized carbons (Fsp3) is 0.571. The second-order valence-electron chi connectivity index (χ2n) is 4.60. The van der Waals surface area contributed by atoms with E-state index in [4.69, 9.17) is 15.2 Å². The van der Waals surface area contributed by atoms with E-state index in [2.05, 4.69) is 0 Å². The van der Waals surface area contributed by atoms with Crippen LogP contribution in [-0.2, 0) is 4.74 Å². The first-order valence-corrected chi connectivity index (χ1v) is 6.37. The second-order valence-corrected chi connectivity index (χ2v) is 4.60. The lowest BCUT2D eigenvalue weighted by atomic mass is 10.1. The molecule has 3 heteroatoms. The topological polar surface area (TPSA) is 44.5 Å². The molecule has 0 spiro atoms. The van der Waals surface area contributed by atoms with Gasteiger partial charge in [-0.1, -0.05) is 6.07 Å². The normalized spacial score (nSPS) is 19.5. The largest absolute Gasteiger partial charge is 0.493 e. The van der Waals surface area contributed by atoms with Gasteiger partial charge in [-0.15, -0.1) is 0 Å². The van der Waals surface area contributed by atoms with Crippen LogP contribution in [0.4, 0.5) is 5.69 Å². The molecule has 2 N–H and O–H groups in total. The Bertz CT molecular complexity index is 359. The fourth-order valence-corrected chi connectivity index (χ4v) is 2.15. The molecule has 1 aliphatic rings. The minimum Gasteiger partial charge on any atom is -0.493 e. The van der Waals surface area contributed by atoms with E-state index < -0.39 is 0 Å². The lowest BCUT2D eigenvalue weighted by Crippen LogP contribution is -2.08. The summed E-state index contributed by atoms with van der Waals surface area (Å²) in [5.74, 6) is 0.900. The molecule has 1 unspecified atom stereocenters. The van der Waals surface area contributed by atoms with Crippen LogP contribution in [0.2, 0.25) is 0 Å². The lowest BCUT2D eigenvalue weighted by Gasteiger charge is -2.12. The van der Waals surface area contributed by atoms with Crippen LogP contribution >= 0.6 is 0 Å². The first-order chi connectivity index (χ1) is 8.27. The zero-order valence-corrected chi connectivity index (χ0v) is 10.4. The molecule has 1 heterocycles. The first-order valence-electron chi connectivity index (χ1n) is 6.37. The Kier molecular flexibility index (Phi) is 4.26. The minimum absolute atomic E-state index is 0.459. The van der Waals surface area contributed by atoms with Crippen molar-refractivity contribution in [3.63, 3.8) is 0 Å². The molecule has 0 amide bonds. The molecule has 0 aliphatic carbocycles. The maximum atomic E-state index is 5.82. The van der Waals surface area contributed by atoms with E-state index in [1.807, 2.05) is 25.1 Å². The van der Waals surface area contributed by atoms with Crippen molar-refractivity contribution in [2.24, 2.45) is 0 Å². The van der Waals surface area contributed by atoms with Gasteiger partial charge < -0.3 is 15.2 Å². The second kappa shape index (κ2) is 5.92. The van der Waals surface area contributed by atoms with Crippen molar-refractivity contribution in [3.8, 4) is 5.75 Å². The van der Waals surface area contributed by atoms with Gasteiger partial charge in [0.05, 0.1) is 12.7 Å². The Hall–Kier alpha value is -1.22. The zero-order chi connectivity index (χ0) is 12.1. The number of ether oxygens (including phenoxy) is 2. The van der Waals surface area contributed by atoms with Crippen LogP contribution in [0.25, 0.3) is 0 Å². The predicted molar refractivity (Wildman–Crippen MR) is 69.3 cm³/mol. The fourth-order valence-electron chi connectivity index (χ4n) is 2.15. The van der Waals surface area contributed by atoms with Crippen LogP contribution in [0.1, 0.15) is 31.2 Å². The number of nitrogen functional groups attached to an aromatic ring is 1. The van der Waals surface area contributed by atoms with Crippen LogP contribution in [0.3, 0.4) is 0 Å². The van der Waals surface area contributed by atoms with Crippen LogP contribution in [0, 0.1) is 6.92 Å². The van der Waals surface area contributed by atoms with Crippen molar-refractivity contribution in [1.82, 2.24) is 0 Å². The third-order valence-corrected chi connectivity index (χ3v) is 3.28. The molecule has 1 aromatic carbocycles. The van der Waals surface area contributed by atoms with Gasteiger partial charge in [0.2, 0.25) is 0 Å². The van der Waals surface area contributed by atoms with Crippen molar-refractivity contribution in [2.75, 3.05) is 18.9 Å². The summed E-state index contributed by atoms with van der Waals surface area (Å²) >= 11 is 0. The van der Waals surface area contributed by atoms with E-state index in [9.17, 15) is 0 Å². The quantitative estimate of drug-likeness (QED) is 0.630. The van der Waals surface area contributed by atoms with Crippen molar-refractivity contribution in [3.05, 3.63) is 23.8 Å². The number of rotatable bonds is 5. The number of anilines is 1. The van der Waals surface area contributed by atoms with Gasteiger partial charge >= 0.3 is 0 Å². The lowest BCUT2D eigenvalue weighted by molar-refractivity contribution is 0.0981. The maximum absolute atomic E-state index is 5.82. The van der Waals surface area contributed by atoms with Gasteiger partial charge in [-0.3, -0.25) is 0 Å². The van der Waals surface area contributed by atoms with Gasteiger partial charge in [0, 0.05) is 17.9 Å². The highest BCUT2D eigenvalue weighted by atomic mass is 16.5. The summed E-state index contributed by atoms with van der Waals surface area (Å²) in [6.07, 6.45) is 5.01. The standard InChI is InChI=1S/C14H21NO2/c1-11-13(15)7-2-8-14(11)17-10-4-6-12-5-3-9-16-12/h2,7-8,12H,3-6,9-10,15H2,1H3. The summed E-state index contributed by atoms with van der Waals surface area (Å²) < 4.78 is 11.3. The number of benzene rings is 1. The van der Waals surface area contributed by atoms with E-state index in [1.54, 1.807) is 0 Å². The Morgan fingerprint density at radius 3 is 3.12 bits per heavy atom. The molecule has 2 rings (SSSR count).